The zero-order valence-corrected chi connectivity index (χ0v) is 10.9. The number of amides is 1. The summed E-state index contributed by atoms with van der Waals surface area (Å²) in [4.78, 5) is 12.0. The Labute approximate surface area is 110 Å². The predicted octanol–water partition coefficient (Wildman–Crippen LogP) is 3.79. The topological polar surface area (TPSA) is 41.1 Å². The van der Waals surface area contributed by atoms with Crippen LogP contribution in [0.15, 0.2) is 48.4 Å². The van der Waals surface area contributed by atoms with E-state index in [9.17, 15) is 4.79 Å². The zero-order chi connectivity index (χ0) is 13.0. The Kier molecular flexibility index (Phi) is 3.79. The van der Waals surface area contributed by atoms with E-state index in [0.29, 0.717) is 0 Å². The predicted molar refractivity (Wildman–Crippen MR) is 77.7 cm³/mol. The van der Waals surface area contributed by atoms with Gasteiger partial charge in [-0.3, -0.25) is 4.79 Å². The van der Waals surface area contributed by atoms with Crippen LogP contribution in [0.5, 0.6) is 0 Å². The van der Waals surface area contributed by atoms with Crippen LogP contribution in [-0.2, 0) is 4.79 Å². The van der Waals surface area contributed by atoms with Crippen LogP contribution in [0.2, 0.25) is 0 Å². The second-order valence-corrected chi connectivity index (χ2v) is 4.79. The summed E-state index contributed by atoms with van der Waals surface area (Å²) in [7, 11) is 0. The normalized spacial score (nSPS) is 9.83. The molecule has 0 aliphatic rings. The number of carbonyl (C=O) groups excluding carboxylic acids is 1. The van der Waals surface area contributed by atoms with Crippen molar-refractivity contribution in [2.24, 2.45) is 0 Å². The number of nitrogens with one attached hydrogen (secondary N) is 2. The highest BCUT2D eigenvalue weighted by Gasteiger charge is 2.01. The van der Waals surface area contributed by atoms with Crippen LogP contribution in [0, 0.1) is 0 Å². The van der Waals surface area contributed by atoms with Crippen LogP contribution in [0.3, 0.4) is 0 Å². The molecule has 1 aromatic carbocycles. The van der Waals surface area contributed by atoms with Crippen molar-refractivity contribution >= 4 is 34.3 Å². The third-order valence-electron chi connectivity index (χ3n) is 2.32. The van der Waals surface area contributed by atoms with Gasteiger partial charge in [-0.05, 0) is 35.7 Å². The fourth-order valence-corrected chi connectivity index (χ4v) is 2.18. The molecule has 1 aromatic heterocycles. The van der Waals surface area contributed by atoms with Gasteiger partial charge in [-0.2, -0.15) is 0 Å². The minimum atomic E-state index is -0.0706. The molecular formula is C14H14N2OS. The standard InChI is InChI=1S/C14H14N2OS/c1-10(14-4-3-9-18-14)15-12-5-7-13(8-6-12)16-11(2)17/h3-9,15H,1H2,2H3,(H,16,17). The van der Waals surface area contributed by atoms with Crippen LogP contribution >= 0.6 is 11.3 Å². The Morgan fingerprint density at radius 1 is 1.11 bits per heavy atom. The summed E-state index contributed by atoms with van der Waals surface area (Å²) < 4.78 is 0. The van der Waals surface area contributed by atoms with Crippen molar-refractivity contribution in [1.82, 2.24) is 0 Å². The van der Waals surface area contributed by atoms with Gasteiger partial charge in [0.2, 0.25) is 5.91 Å². The second-order valence-electron chi connectivity index (χ2n) is 3.84. The minimum Gasteiger partial charge on any atom is -0.355 e. The number of rotatable bonds is 4. The van der Waals surface area contributed by atoms with Gasteiger partial charge in [0.25, 0.3) is 0 Å². The fraction of sp³-hybridized carbons (Fsp3) is 0.0714. The largest absolute Gasteiger partial charge is 0.355 e. The molecule has 0 fully saturated rings. The molecule has 0 unspecified atom stereocenters. The van der Waals surface area contributed by atoms with E-state index in [-0.39, 0.29) is 5.91 Å². The lowest BCUT2D eigenvalue weighted by Crippen LogP contribution is -2.05. The molecular weight excluding hydrogens is 244 g/mol. The van der Waals surface area contributed by atoms with Crippen LogP contribution in [0.1, 0.15) is 11.8 Å². The summed E-state index contributed by atoms with van der Waals surface area (Å²) in [6.45, 7) is 5.48. The Morgan fingerprint density at radius 2 is 1.72 bits per heavy atom. The van der Waals surface area contributed by atoms with Crippen molar-refractivity contribution in [2.75, 3.05) is 10.6 Å². The molecule has 2 rings (SSSR count). The number of anilines is 2. The summed E-state index contributed by atoms with van der Waals surface area (Å²) >= 11 is 1.64. The first-order valence-electron chi connectivity index (χ1n) is 5.52. The highest BCUT2D eigenvalue weighted by molar-refractivity contribution is 7.11. The summed E-state index contributed by atoms with van der Waals surface area (Å²) in [5.41, 5.74) is 2.61. The molecule has 92 valence electrons. The second kappa shape index (κ2) is 5.51. The first-order chi connectivity index (χ1) is 8.65. The maximum absolute atomic E-state index is 10.9. The van der Waals surface area contributed by atoms with Crippen molar-refractivity contribution in [3.63, 3.8) is 0 Å². The molecule has 0 radical (unpaired) electrons. The average molecular weight is 258 g/mol. The number of hydrogen-bond donors (Lipinski definition) is 2. The molecule has 0 spiro atoms. The third kappa shape index (κ3) is 3.21. The average Bonchev–Trinajstić information content (AvgIpc) is 2.84. The molecule has 0 aliphatic carbocycles. The highest BCUT2D eigenvalue weighted by Crippen LogP contribution is 2.22. The molecule has 0 atom stereocenters. The monoisotopic (exact) mass is 258 g/mol. The Morgan fingerprint density at radius 3 is 2.22 bits per heavy atom. The van der Waals surface area contributed by atoms with E-state index >= 15 is 0 Å². The zero-order valence-electron chi connectivity index (χ0n) is 10.1. The van der Waals surface area contributed by atoms with Crippen molar-refractivity contribution in [3.8, 4) is 0 Å². The molecule has 4 heteroatoms. The van der Waals surface area contributed by atoms with Crippen LogP contribution < -0.4 is 10.6 Å². The number of benzene rings is 1. The van der Waals surface area contributed by atoms with E-state index in [4.69, 9.17) is 0 Å². The molecule has 3 nitrogen and oxygen atoms in total. The molecule has 1 heterocycles. The quantitative estimate of drug-likeness (QED) is 0.876. The summed E-state index contributed by atoms with van der Waals surface area (Å²) in [6, 6.07) is 11.5. The Bertz CT molecular complexity index is 544. The number of thiophene rings is 1. The molecule has 0 saturated carbocycles. The molecule has 0 bridgehead atoms. The smallest absolute Gasteiger partial charge is 0.221 e. The molecule has 1 amide bonds. The van der Waals surface area contributed by atoms with Gasteiger partial charge in [-0.1, -0.05) is 12.6 Å². The van der Waals surface area contributed by atoms with Crippen LogP contribution in [0.4, 0.5) is 11.4 Å². The van der Waals surface area contributed by atoms with Gasteiger partial charge in [0.15, 0.2) is 0 Å². The van der Waals surface area contributed by atoms with Gasteiger partial charge >= 0.3 is 0 Å². The van der Waals surface area contributed by atoms with Gasteiger partial charge in [0.1, 0.15) is 0 Å². The summed E-state index contributed by atoms with van der Waals surface area (Å²) in [5.74, 6) is -0.0706. The van der Waals surface area contributed by atoms with Gasteiger partial charge in [-0.25, -0.2) is 0 Å². The lowest BCUT2D eigenvalue weighted by Gasteiger charge is -2.09. The molecule has 0 aliphatic heterocycles. The van der Waals surface area contributed by atoms with Crippen molar-refractivity contribution < 1.29 is 4.79 Å². The first kappa shape index (κ1) is 12.4. The Balaban J connectivity index is 2.02. The Hall–Kier alpha value is -2.07. The van der Waals surface area contributed by atoms with Gasteiger partial charge < -0.3 is 10.6 Å². The lowest BCUT2D eigenvalue weighted by atomic mass is 10.2. The summed E-state index contributed by atoms with van der Waals surface area (Å²) in [6.07, 6.45) is 0. The fourth-order valence-electron chi connectivity index (χ4n) is 1.53. The van der Waals surface area contributed by atoms with Crippen molar-refractivity contribution in [2.45, 2.75) is 6.92 Å². The van der Waals surface area contributed by atoms with E-state index in [1.807, 2.05) is 41.8 Å². The highest BCUT2D eigenvalue weighted by atomic mass is 32.1. The van der Waals surface area contributed by atoms with Crippen LogP contribution in [-0.4, -0.2) is 5.91 Å². The maximum Gasteiger partial charge on any atom is 0.221 e. The molecule has 2 aromatic rings. The van der Waals surface area contributed by atoms with Gasteiger partial charge in [0.05, 0.1) is 0 Å². The van der Waals surface area contributed by atoms with E-state index in [0.717, 1.165) is 21.9 Å². The van der Waals surface area contributed by atoms with E-state index < -0.39 is 0 Å². The van der Waals surface area contributed by atoms with E-state index in [1.54, 1.807) is 11.3 Å². The minimum absolute atomic E-state index is 0.0706. The van der Waals surface area contributed by atoms with E-state index in [1.165, 1.54) is 6.92 Å². The lowest BCUT2D eigenvalue weighted by molar-refractivity contribution is -0.114. The van der Waals surface area contributed by atoms with Crippen molar-refractivity contribution in [1.29, 1.82) is 0 Å². The number of carbonyl (C=O) groups is 1. The first-order valence-corrected chi connectivity index (χ1v) is 6.40. The van der Waals surface area contributed by atoms with Crippen molar-refractivity contribution in [3.05, 3.63) is 53.2 Å². The van der Waals surface area contributed by atoms with Gasteiger partial charge in [0, 0.05) is 28.9 Å². The van der Waals surface area contributed by atoms with Gasteiger partial charge in [-0.15, -0.1) is 11.3 Å². The summed E-state index contributed by atoms with van der Waals surface area (Å²) in [5, 5.41) is 7.97. The third-order valence-corrected chi connectivity index (χ3v) is 3.25. The number of hydrogen-bond acceptors (Lipinski definition) is 3. The SMILES string of the molecule is C=C(Nc1ccc(NC(C)=O)cc1)c1cccs1. The molecule has 0 saturated heterocycles. The van der Waals surface area contributed by atoms with E-state index in [2.05, 4.69) is 17.2 Å². The molecule has 18 heavy (non-hydrogen) atoms. The van der Waals surface area contributed by atoms with Crippen LogP contribution in [0.25, 0.3) is 5.70 Å². The maximum atomic E-state index is 10.9. The molecule has 2 N–H and O–H groups in total.